The molecule has 3 aromatic rings. The first kappa shape index (κ1) is 19.9. The van der Waals surface area contributed by atoms with Crippen molar-refractivity contribution in [3.63, 3.8) is 0 Å². The maximum absolute atomic E-state index is 13.5. The summed E-state index contributed by atoms with van der Waals surface area (Å²) in [5, 5.41) is 2.20. The summed E-state index contributed by atoms with van der Waals surface area (Å²) in [5.41, 5.74) is 0.377. The third kappa shape index (κ3) is 4.04. The fourth-order valence-electron chi connectivity index (χ4n) is 3.35. The first-order valence-corrected chi connectivity index (χ1v) is 11.9. The molecular formula is C22H24BrFO2Si. The molecule has 0 amide bonds. The second-order valence-electron chi connectivity index (χ2n) is 7.29. The van der Waals surface area contributed by atoms with Crippen molar-refractivity contribution in [3.8, 4) is 11.5 Å². The third-order valence-corrected chi connectivity index (χ3v) is 9.71. The minimum absolute atomic E-state index is 0.188. The van der Waals surface area contributed by atoms with Crippen LogP contribution in [0.25, 0.3) is 10.8 Å². The Kier molecular flexibility index (Phi) is 5.91. The summed E-state index contributed by atoms with van der Waals surface area (Å²) >= 11 is 3.42. The molecule has 2 nitrogen and oxygen atoms in total. The van der Waals surface area contributed by atoms with Gasteiger partial charge in [0, 0.05) is 16.5 Å². The van der Waals surface area contributed by atoms with Crippen LogP contribution >= 0.6 is 15.9 Å². The number of rotatable bonds is 6. The van der Waals surface area contributed by atoms with Gasteiger partial charge in [-0.15, -0.1) is 0 Å². The molecule has 0 bridgehead atoms. The van der Waals surface area contributed by atoms with E-state index in [4.69, 9.17) is 8.85 Å². The number of halogens is 2. The Labute approximate surface area is 169 Å². The second kappa shape index (κ2) is 8.03. The highest BCUT2D eigenvalue weighted by molar-refractivity contribution is 9.10. The molecule has 5 heteroatoms. The lowest BCUT2D eigenvalue weighted by Crippen LogP contribution is -2.54. The van der Waals surface area contributed by atoms with Gasteiger partial charge in [-0.05, 0) is 45.6 Å². The van der Waals surface area contributed by atoms with Crippen molar-refractivity contribution in [3.05, 3.63) is 71.0 Å². The molecule has 0 aromatic heterocycles. The topological polar surface area (TPSA) is 18.5 Å². The number of hydrogen-bond acceptors (Lipinski definition) is 2. The molecule has 0 radical (unpaired) electrons. The first-order chi connectivity index (χ1) is 12.8. The minimum Gasteiger partial charge on any atom is -0.511 e. The van der Waals surface area contributed by atoms with Crippen molar-refractivity contribution in [1.29, 1.82) is 0 Å². The van der Waals surface area contributed by atoms with Crippen LogP contribution in [0.3, 0.4) is 0 Å². The van der Waals surface area contributed by atoms with Crippen molar-refractivity contribution < 1.29 is 13.2 Å². The Hall–Kier alpha value is -1.85. The van der Waals surface area contributed by atoms with E-state index in [1.165, 1.54) is 12.1 Å². The normalized spacial score (nSPS) is 12.0. The predicted octanol–water partition coefficient (Wildman–Crippen LogP) is 7.46. The highest BCUT2D eigenvalue weighted by Gasteiger charge is 2.50. The van der Waals surface area contributed by atoms with Gasteiger partial charge in [0.25, 0.3) is 0 Å². The van der Waals surface area contributed by atoms with Gasteiger partial charge >= 0.3 is 8.56 Å². The molecule has 0 spiro atoms. The standard InChI is InChI=1S/C22H24BrFO2Si/c1-15(2)27(16(3)4,26-22-13-12-18(24)14-20(22)23)25-21-11-7-9-17-8-5-6-10-19(17)21/h5-16H,1-4H3. The van der Waals surface area contributed by atoms with E-state index in [2.05, 4.69) is 61.8 Å². The van der Waals surface area contributed by atoms with E-state index < -0.39 is 8.56 Å². The summed E-state index contributed by atoms with van der Waals surface area (Å²) in [6.07, 6.45) is 0. The Bertz CT molecular complexity index is 929. The fourth-order valence-corrected chi connectivity index (χ4v) is 7.29. The Balaban J connectivity index is 2.07. The predicted molar refractivity (Wildman–Crippen MR) is 115 cm³/mol. The summed E-state index contributed by atoms with van der Waals surface area (Å²) in [7, 11) is -2.75. The molecule has 3 aromatic carbocycles. The Morgan fingerprint density at radius 1 is 0.815 bits per heavy atom. The summed E-state index contributed by atoms with van der Waals surface area (Å²) in [6, 6.07) is 18.8. The Morgan fingerprint density at radius 3 is 2.11 bits per heavy atom. The lowest BCUT2D eigenvalue weighted by molar-refractivity contribution is 0.351. The lowest BCUT2D eigenvalue weighted by atomic mass is 10.1. The molecule has 27 heavy (non-hydrogen) atoms. The summed E-state index contributed by atoms with van der Waals surface area (Å²) in [5.74, 6) is 1.15. The van der Waals surface area contributed by atoms with Crippen molar-refractivity contribution in [1.82, 2.24) is 0 Å². The van der Waals surface area contributed by atoms with Gasteiger partial charge in [-0.2, -0.15) is 0 Å². The monoisotopic (exact) mass is 446 g/mol. The molecule has 0 aliphatic heterocycles. The van der Waals surface area contributed by atoms with Crippen LogP contribution in [-0.4, -0.2) is 8.56 Å². The molecule has 0 unspecified atom stereocenters. The van der Waals surface area contributed by atoms with Crippen molar-refractivity contribution >= 4 is 35.3 Å². The van der Waals surface area contributed by atoms with Crippen molar-refractivity contribution in [2.24, 2.45) is 0 Å². The average molecular weight is 447 g/mol. The van der Waals surface area contributed by atoms with E-state index in [1.54, 1.807) is 6.07 Å². The molecule has 0 saturated heterocycles. The molecule has 0 atom stereocenters. The van der Waals surface area contributed by atoms with Gasteiger partial charge in [0.05, 0.1) is 4.47 Å². The van der Waals surface area contributed by atoms with E-state index in [9.17, 15) is 4.39 Å². The molecular weight excluding hydrogens is 423 g/mol. The molecule has 142 valence electrons. The summed E-state index contributed by atoms with van der Waals surface area (Å²) < 4.78 is 27.4. The van der Waals surface area contributed by atoms with Crippen LogP contribution in [-0.2, 0) is 0 Å². The average Bonchev–Trinajstić information content (AvgIpc) is 2.63. The van der Waals surface area contributed by atoms with E-state index in [1.807, 2.05) is 24.3 Å². The van der Waals surface area contributed by atoms with Crippen LogP contribution < -0.4 is 8.85 Å². The van der Waals surface area contributed by atoms with Crippen LogP contribution in [0.15, 0.2) is 65.1 Å². The smallest absolute Gasteiger partial charge is 0.465 e. The molecule has 0 heterocycles. The summed E-state index contributed by atoms with van der Waals surface area (Å²) in [6.45, 7) is 8.53. The van der Waals surface area contributed by atoms with Crippen LogP contribution in [0.2, 0.25) is 11.1 Å². The molecule has 0 aliphatic rings. The quantitative estimate of drug-likeness (QED) is 0.365. The molecule has 3 rings (SSSR count). The minimum atomic E-state index is -2.75. The highest BCUT2D eigenvalue weighted by Crippen LogP contribution is 2.40. The molecule has 0 fully saturated rings. The zero-order chi connectivity index (χ0) is 19.6. The van der Waals surface area contributed by atoms with Gasteiger partial charge in [-0.3, -0.25) is 0 Å². The van der Waals surface area contributed by atoms with Gasteiger partial charge < -0.3 is 8.85 Å². The van der Waals surface area contributed by atoms with E-state index in [-0.39, 0.29) is 16.9 Å². The number of hydrogen-bond donors (Lipinski definition) is 0. The molecule has 0 N–H and O–H groups in total. The molecule has 0 aliphatic carbocycles. The van der Waals surface area contributed by atoms with Gasteiger partial charge in [0.2, 0.25) is 0 Å². The van der Waals surface area contributed by atoms with Crippen molar-refractivity contribution in [2.75, 3.05) is 0 Å². The fraction of sp³-hybridized carbons (Fsp3) is 0.273. The largest absolute Gasteiger partial charge is 0.511 e. The maximum atomic E-state index is 13.5. The van der Waals surface area contributed by atoms with E-state index >= 15 is 0 Å². The van der Waals surface area contributed by atoms with E-state index in [0.29, 0.717) is 10.2 Å². The zero-order valence-corrected chi connectivity index (χ0v) is 18.6. The lowest BCUT2D eigenvalue weighted by Gasteiger charge is -2.38. The third-order valence-electron chi connectivity index (χ3n) is 4.79. The highest BCUT2D eigenvalue weighted by atomic mass is 79.9. The first-order valence-electron chi connectivity index (χ1n) is 9.14. The maximum Gasteiger partial charge on any atom is 0.465 e. The van der Waals surface area contributed by atoms with Gasteiger partial charge in [0.15, 0.2) is 0 Å². The second-order valence-corrected chi connectivity index (χ2v) is 12.3. The van der Waals surface area contributed by atoms with Crippen molar-refractivity contribution in [2.45, 2.75) is 38.8 Å². The van der Waals surface area contributed by atoms with Crippen LogP contribution in [0.5, 0.6) is 11.5 Å². The SMILES string of the molecule is CC(C)[Si](Oc1ccc(F)cc1Br)(Oc1cccc2ccccc12)C(C)C. The van der Waals surface area contributed by atoms with Gasteiger partial charge in [-0.1, -0.05) is 64.1 Å². The Morgan fingerprint density at radius 2 is 1.44 bits per heavy atom. The number of benzene rings is 3. The zero-order valence-electron chi connectivity index (χ0n) is 16.0. The van der Waals surface area contributed by atoms with Crippen LogP contribution in [0, 0.1) is 5.82 Å². The van der Waals surface area contributed by atoms with Gasteiger partial charge in [0.1, 0.15) is 17.3 Å². The van der Waals surface area contributed by atoms with Gasteiger partial charge in [-0.25, -0.2) is 4.39 Å². The van der Waals surface area contributed by atoms with E-state index in [0.717, 1.165) is 16.5 Å². The van der Waals surface area contributed by atoms with Crippen LogP contribution in [0.1, 0.15) is 27.7 Å². The number of fused-ring (bicyclic) bond motifs is 1. The van der Waals surface area contributed by atoms with Crippen LogP contribution in [0.4, 0.5) is 4.39 Å². The molecule has 0 saturated carbocycles. The summed E-state index contributed by atoms with van der Waals surface area (Å²) in [4.78, 5) is 0.